The van der Waals surface area contributed by atoms with Gasteiger partial charge in [0.05, 0.1) is 0 Å². The van der Waals surface area contributed by atoms with Crippen LogP contribution in [0.4, 0.5) is 0 Å². The summed E-state index contributed by atoms with van der Waals surface area (Å²) in [7, 11) is 1.99. The Morgan fingerprint density at radius 2 is 1.87 bits per heavy atom. The van der Waals surface area contributed by atoms with E-state index < -0.39 is 12.0 Å². The SMILES string of the molecule is Bc1ccc(C[C@H](N)C(=O)O)cc1.[Na+].[OH-]. The van der Waals surface area contributed by atoms with Crippen molar-refractivity contribution in [2.75, 3.05) is 0 Å². The summed E-state index contributed by atoms with van der Waals surface area (Å²) in [5.74, 6) is -0.958. The van der Waals surface area contributed by atoms with Crippen molar-refractivity contribution in [1.82, 2.24) is 0 Å². The number of hydrogen-bond acceptors (Lipinski definition) is 3. The van der Waals surface area contributed by atoms with E-state index in [1.54, 1.807) is 0 Å². The molecule has 0 spiro atoms. The first kappa shape index (κ1) is 17.1. The zero-order valence-corrected chi connectivity index (χ0v) is 11.0. The zero-order chi connectivity index (χ0) is 9.84. The van der Waals surface area contributed by atoms with E-state index in [1.165, 1.54) is 0 Å². The van der Waals surface area contributed by atoms with Crippen molar-refractivity contribution in [3.8, 4) is 0 Å². The van der Waals surface area contributed by atoms with Crippen molar-refractivity contribution >= 4 is 19.3 Å². The minimum Gasteiger partial charge on any atom is -0.870 e. The molecule has 1 aromatic rings. The molecule has 1 atom stereocenters. The molecule has 0 saturated carbocycles. The molecule has 76 valence electrons. The van der Waals surface area contributed by atoms with E-state index in [4.69, 9.17) is 10.8 Å². The van der Waals surface area contributed by atoms with Crippen LogP contribution in [0.2, 0.25) is 0 Å². The number of nitrogens with two attached hydrogens (primary N) is 1. The summed E-state index contributed by atoms with van der Waals surface area (Å²) in [5.41, 5.74) is 7.51. The number of rotatable bonds is 3. The summed E-state index contributed by atoms with van der Waals surface area (Å²) in [6, 6.07) is 6.90. The van der Waals surface area contributed by atoms with Crippen molar-refractivity contribution in [2.24, 2.45) is 5.73 Å². The van der Waals surface area contributed by atoms with Crippen LogP contribution in [0, 0.1) is 0 Å². The normalized spacial score (nSPS) is 10.7. The van der Waals surface area contributed by atoms with E-state index in [0.717, 1.165) is 11.0 Å². The molecule has 1 rings (SSSR count). The molecule has 0 saturated heterocycles. The number of benzene rings is 1. The van der Waals surface area contributed by atoms with E-state index in [2.05, 4.69) is 0 Å². The van der Waals surface area contributed by atoms with Gasteiger partial charge in [-0.25, -0.2) is 0 Å². The Hall–Kier alpha value is -0.325. The maximum absolute atomic E-state index is 10.4. The summed E-state index contributed by atoms with van der Waals surface area (Å²) in [6.45, 7) is 0. The molecule has 0 amide bonds. The van der Waals surface area contributed by atoms with Crippen LogP contribution in [0.3, 0.4) is 0 Å². The second kappa shape index (κ2) is 7.90. The fourth-order valence-electron chi connectivity index (χ4n) is 1.07. The molecule has 0 bridgehead atoms. The van der Waals surface area contributed by atoms with Gasteiger partial charge in [0, 0.05) is 0 Å². The second-order valence-corrected chi connectivity index (χ2v) is 3.13. The molecular weight excluding hydrogens is 204 g/mol. The van der Waals surface area contributed by atoms with Gasteiger partial charge in [-0.3, -0.25) is 4.79 Å². The van der Waals surface area contributed by atoms with Crippen molar-refractivity contribution in [1.29, 1.82) is 0 Å². The van der Waals surface area contributed by atoms with Crippen molar-refractivity contribution < 1.29 is 44.9 Å². The van der Waals surface area contributed by atoms with E-state index in [1.807, 2.05) is 32.1 Å². The van der Waals surface area contributed by atoms with Crippen LogP contribution in [0.15, 0.2) is 24.3 Å². The van der Waals surface area contributed by atoms with Gasteiger partial charge in [-0.1, -0.05) is 29.7 Å². The fraction of sp³-hybridized carbons (Fsp3) is 0.222. The van der Waals surface area contributed by atoms with Crippen LogP contribution < -0.4 is 40.8 Å². The zero-order valence-electron chi connectivity index (χ0n) is 8.97. The fourth-order valence-corrected chi connectivity index (χ4v) is 1.07. The third kappa shape index (κ3) is 5.97. The summed E-state index contributed by atoms with van der Waals surface area (Å²) in [6.07, 6.45) is 0.385. The monoisotopic (exact) mass is 217 g/mol. The quantitative estimate of drug-likeness (QED) is 0.501. The number of carboxylic acid groups (broad SMARTS) is 1. The third-order valence-corrected chi connectivity index (χ3v) is 1.89. The van der Waals surface area contributed by atoms with E-state index in [-0.39, 0.29) is 35.0 Å². The van der Waals surface area contributed by atoms with Crippen LogP contribution in [0.1, 0.15) is 5.56 Å². The van der Waals surface area contributed by atoms with Crippen LogP contribution >= 0.6 is 0 Å². The smallest absolute Gasteiger partial charge is 0.870 e. The summed E-state index contributed by atoms with van der Waals surface area (Å²) >= 11 is 0. The van der Waals surface area contributed by atoms with Crippen molar-refractivity contribution in [3.63, 3.8) is 0 Å². The van der Waals surface area contributed by atoms with Crippen molar-refractivity contribution in [2.45, 2.75) is 12.5 Å². The molecular formula is C9H13BNNaO3. The number of carboxylic acids is 1. The van der Waals surface area contributed by atoms with Gasteiger partial charge in [0.2, 0.25) is 0 Å². The Labute approximate surface area is 112 Å². The molecule has 0 aliphatic heterocycles. The molecule has 0 unspecified atom stereocenters. The van der Waals surface area contributed by atoms with Gasteiger partial charge >= 0.3 is 35.5 Å². The molecule has 0 aromatic heterocycles. The van der Waals surface area contributed by atoms with Crippen LogP contribution in [0.25, 0.3) is 0 Å². The Morgan fingerprint density at radius 3 is 2.27 bits per heavy atom. The van der Waals surface area contributed by atoms with E-state index in [0.29, 0.717) is 6.42 Å². The molecule has 0 aliphatic rings. The molecule has 1 aromatic carbocycles. The molecule has 0 heterocycles. The van der Waals surface area contributed by atoms with Gasteiger partial charge in [0.25, 0.3) is 0 Å². The summed E-state index contributed by atoms with van der Waals surface area (Å²) < 4.78 is 0. The van der Waals surface area contributed by atoms with Gasteiger partial charge in [0.1, 0.15) is 13.9 Å². The van der Waals surface area contributed by atoms with Crippen LogP contribution in [-0.2, 0) is 11.2 Å². The predicted molar refractivity (Wildman–Crippen MR) is 55.9 cm³/mol. The molecule has 15 heavy (non-hydrogen) atoms. The Morgan fingerprint density at radius 1 is 1.40 bits per heavy atom. The molecule has 0 fully saturated rings. The Kier molecular flexibility index (Phi) is 9.00. The third-order valence-electron chi connectivity index (χ3n) is 1.89. The van der Waals surface area contributed by atoms with E-state index >= 15 is 0 Å². The van der Waals surface area contributed by atoms with Crippen LogP contribution in [-0.4, -0.2) is 30.4 Å². The molecule has 0 aliphatic carbocycles. The van der Waals surface area contributed by atoms with E-state index in [9.17, 15) is 4.79 Å². The topological polar surface area (TPSA) is 93.3 Å². The largest absolute Gasteiger partial charge is 1.00 e. The first-order chi connectivity index (χ1) is 6.09. The number of carbonyl (C=O) groups is 1. The minimum atomic E-state index is -0.958. The maximum atomic E-state index is 10.4. The molecule has 4 nitrogen and oxygen atoms in total. The molecule has 6 heteroatoms. The average molecular weight is 217 g/mol. The molecule has 0 radical (unpaired) electrons. The number of hydrogen-bond donors (Lipinski definition) is 2. The first-order valence-electron chi connectivity index (χ1n) is 4.13. The molecule has 4 N–H and O–H groups in total. The van der Waals surface area contributed by atoms with Crippen LogP contribution in [0.5, 0.6) is 0 Å². The van der Waals surface area contributed by atoms with Gasteiger partial charge < -0.3 is 16.3 Å². The summed E-state index contributed by atoms with van der Waals surface area (Å²) in [4.78, 5) is 10.4. The maximum Gasteiger partial charge on any atom is 1.00 e. The number of aliphatic carboxylic acids is 1. The van der Waals surface area contributed by atoms with Gasteiger partial charge in [-0.05, 0) is 12.0 Å². The Balaban J connectivity index is 0. The van der Waals surface area contributed by atoms with Gasteiger partial charge in [0.15, 0.2) is 0 Å². The first-order valence-corrected chi connectivity index (χ1v) is 4.13. The predicted octanol–water partition coefficient (Wildman–Crippen LogP) is -4.27. The van der Waals surface area contributed by atoms with Gasteiger partial charge in [-0.2, -0.15) is 0 Å². The second-order valence-electron chi connectivity index (χ2n) is 3.13. The Bertz CT molecular complexity index is 305. The standard InChI is InChI=1S/C9H12BNO2.Na.H2O/c10-7-3-1-6(2-4-7)5-8(11)9(12)13;;/h1-4,8H,5,10-11H2,(H,12,13);;1H2/q;+1;/p-1/t8-;;/m0../s1. The van der Waals surface area contributed by atoms with Gasteiger partial charge in [-0.15, -0.1) is 0 Å². The minimum absolute atomic E-state index is 0. The average Bonchev–Trinajstić information content (AvgIpc) is 2.08. The summed E-state index contributed by atoms with van der Waals surface area (Å²) in [5, 5.41) is 8.57. The van der Waals surface area contributed by atoms with Crippen molar-refractivity contribution in [3.05, 3.63) is 29.8 Å².